The summed E-state index contributed by atoms with van der Waals surface area (Å²) in [6.45, 7) is 1.29. The number of hydrogen-bond acceptors (Lipinski definition) is 1. The van der Waals surface area contributed by atoms with Crippen molar-refractivity contribution in [2.45, 2.75) is 19.3 Å². The molecule has 0 aromatic rings. The van der Waals surface area contributed by atoms with Gasteiger partial charge < -0.3 is 0 Å². The molecule has 0 amide bonds. The van der Waals surface area contributed by atoms with Crippen LogP contribution in [0.2, 0.25) is 0 Å². The zero-order valence-electron chi connectivity index (χ0n) is 5.18. The number of piperidine rings is 1. The van der Waals surface area contributed by atoms with Gasteiger partial charge in [-0.25, -0.2) is 0 Å². The first kappa shape index (κ1) is 6.64. The second-order valence-electron chi connectivity index (χ2n) is 2.27. The average Bonchev–Trinajstić information content (AvgIpc) is 1.77. The monoisotopic (exact) mass is 281 g/mol. The fourth-order valence-corrected chi connectivity index (χ4v) is 1.79. The van der Waals surface area contributed by atoms with E-state index in [4.69, 9.17) is 0 Å². The molecule has 1 nitrogen and oxygen atoms in total. The fraction of sp³-hybridized carbons (Fsp3) is 0.833. The van der Waals surface area contributed by atoms with E-state index in [9.17, 15) is 0 Å². The van der Waals surface area contributed by atoms with Crippen molar-refractivity contribution >= 4 is 4.02 Å². The van der Waals surface area contributed by atoms with Gasteiger partial charge in [0.1, 0.15) is 0 Å². The van der Waals surface area contributed by atoms with Crippen molar-refractivity contribution in [1.82, 2.24) is 4.90 Å². The van der Waals surface area contributed by atoms with Gasteiger partial charge in [0.25, 0.3) is 0 Å². The van der Waals surface area contributed by atoms with Crippen LogP contribution in [-0.2, 0) is 19.4 Å². The predicted molar refractivity (Wildman–Crippen MR) is 31.5 cm³/mol. The van der Waals surface area contributed by atoms with Gasteiger partial charge in [0.15, 0.2) is 0 Å². The van der Waals surface area contributed by atoms with E-state index in [0.717, 1.165) is 0 Å². The quantitative estimate of drug-likeness (QED) is 0.634. The van der Waals surface area contributed by atoms with E-state index in [1.807, 2.05) is 0 Å². The molecule has 0 aromatic carbocycles. The molecule has 2 heteroatoms. The Bertz CT molecular complexity index is 101. The first-order valence-electron chi connectivity index (χ1n) is 3.04. The summed E-state index contributed by atoms with van der Waals surface area (Å²) >= 11 is 1.65. The topological polar surface area (TPSA) is 3.24 Å². The van der Waals surface area contributed by atoms with E-state index in [-0.39, 0.29) is 0 Å². The van der Waals surface area contributed by atoms with E-state index < -0.39 is 0 Å². The molecule has 1 aliphatic heterocycles. The van der Waals surface area contributed by atoms with Gasteiger partial charge in [-0.2, -0.15) is 0 Å². The van der Waals surface area contributed by atoms with E-state index in [0.29, 0.717) is 0 Å². The Morgan fingerprint density at radius 1 is 1.50 bits per heavy atom. The first-order valence-corrected chi connectivity index (χ1v) is 4.51. The molecule has 46 valence electrons. The SMILES string of the molecule is CN1CCCC[C]1=[W]. The van der Waals surface area contributed by atoms with Gasteiger partial charge in [0, 0.05) is 0 Å². The van der Waals surface area contributed by atoms with Crippen LogP contribution < -0.4 is 0 Å². The Morgan fingerprint density at radius 3 is 2.62 bits per heavy atom. The predicted octanol–water partition coefficient (Wildman–Crippen LogP) is 0.779. The van der Waals surface area contributed by atoms with Gasteiger partial charge in [-0.15, -0.1) is 0 Å². The Balaban J connectivity index is 2.39. The zero-order valence-corrected chi connectivity index (χ0v) is 8.12. The molecule has 1 fully saturated rings. The molecule has 0 saturated carbocycles. The van der Waals surface area contributed by atoms with Crippen LogP contribution in [0.15, 0.2) is 0 Å². The zero-order chi connectivity index (χ0) is 5.98. The van der Waals surface area contributed by atoms with Crippen molar-refractivity contribution in [3.63, 3.8) is 0 Å². The standard InChI is InChI=1S/C6H11N.W/c1-7-5-3-2-4-6-7;/h2-5H2,1H3;. The molecule has 0 radical (unpaired) electrons. The Labute approximate surface area is 61.5 Å². The van der Waals surface area contributed by atoms with Crippen molar-refractivity contribution in [1.29, 1.82) is 0 Å². The molecule has 0 aliphatic carbocycles. The first-order chi connectivity index (χ1) is 3.80. The Kier molecular flexibility index (Phi) is 2.39. The molecule has 0 atom stereocenters. The molecular weight excluding hydrogens is 270 g/mol. The van der Waals surface area contributed by atoms with Crippen LogP contribution in [0.5, 0.6) is 0 Å². The maximum absolute atomic E-state index is 2.39. The van der Waals surface area contributed by atoms with Crippen molar-refractivity contribution < 1.29 is 19.4 Å². The summed E-state index contributed by atoms with van der Waals surface area (Å²) in [4.78, 5) is 2.39. The van der Waals surface area contributed by atoms with E-state index in [1.54, 1.807) is 23.4 Å². The number of hydrogen-bond donors (Lipinski definition) is 0. The van der Waals surface area contributed by atoms with Crippen molar-refractivity contribution in [2.24, 2.45) is 0 Å². The van der Waals surface area contributed by atoms with Crippen LogP contribution >= 0.6 is 0 Å². The fourth-order valence-electron chi connectivity index (χ4n) is 0.941. The molecule has 0 N–H and O–H groups in total. The molecule has 1 saturated heterocycles. The Hall–Kier alpha value is 0.518. The number of rotatable bonds is 0. The summed E-state index contributed by atoms with van der Waals surface area (Å²) in [6, 6.07) is 0. The van der Waals surface area contributed by atoms with Crippen LogP contribution in [0.3, 0.4) is 0 Å². The van der Waals surface area contributed by atoms with E-state index in [2.05, 4.69) is 11.9 Å². The van der Waals surface area contributed by atoms with E-state index in [1.165, 1.54) is 25.8 Å². The molecule has 0 unspecified atom stereocenters. The summed E-state index contributed by atoms with van der Waals surface area (Å²) in [5, 5.41) is 0. The third-order valence-corrected chi connectivity index (χ3v) is 3.41. The molecule has 8 heavy (non-hydrogen) atoms. The van der Waals surface area contributed by atoms with Gasteiger partial charge in [0.05, 0.1) is 0 Å². The summed E-state index contributed by atoms with van der Waals surface area (Å²) in [7, 11) is 2.20. The Morgan fingerprint density at radius 2 is 2.25 bits per heavy atom. The molecule has 1 heterocycles. The summed E-state index contributed by atoms with van der Waals surface area (Å²) in [5.41, 5.74) is 0. The molecule has 1 aliphatic rings. The van der Waals surface area contributed by atoms with Crippen molar-refractivity contribution in [2.75, 3.05) is 13.6 Å². The van der Waals surface area contributed by atoms with E-state index >= 15 is 0 Å². The van der Waals surface area contributed by atoms with Gasteiger partial charge >= 0.3 is 61.1 Å². The minimum absolute atomic E-state index is 1.29. The molecule has 0 aromatic heterocycles. The van der Waals surface area contributed by atoms with Gasteiger partial charge in [-0.1, -0.05) is 0 Å². The molecule has 0 bridgehead atoms. The van der Waals surface area contributed by atoms with Gasteiger partial charge in [-0.05, 0) is 0 Å². The summed E-state index contributed by atoms with van der Waals surface area (Å²) < 4.78 is 1.64. The molecule has 1 rings (SSSR count). The van der Waals surface area contributed by atoms with Crippen LogP contribution in [0.1, 0.15) is 19.3 Å². The van der Waals surface area contributed by atoms with Crippen molar-refractivity contribution in [3.8, 4) is 0 Å². The van der Waals surface area contributed by atoms with Gasteiger partial charge in [-0.3, -0.25) is 0 Å². The van der Waals surface area contributed by atoms with Crippen LogP contribution in [0.4, 0.5) is 0 Å². The summed E-state index contributed by atoms with van der Waals surface area (Å²) in [6.07, 6.45) is 4.17. The number of nitrogens with zero attached hydrogens (tertiary/aromatic N) is 1. The maximum atomic E-state index is 2.39. The van der Waals surface area contributed by atoms with Crippen molar-refractivity contribution in [3.05, 3.63) is 0 Å². The summed E-state index contributed by atoms with van der Waals surface area (Å²) in [5.74, 6) is 0. The van der Waals surface area contributed by atoms with Crippen LogP contribution in [0, 0.1) is 0 Å². The van der Waals surface area contributed by atoms with Crippen LogP contribution in [0.25, 0.3) is 0 Å². The average molecular weight is 281 g/mol. The third-order valence-electron chi connectivity index (χ3n) is 1.56. The molecular formula is C6H11NW. The minimum atomic E-state index is 1.29. The van der Waals surface area contributed by atoms with Gasteiger partial charge in [0.2, 0.25) is 0 Å². The molecule has 0 spiro atoms. The second kappa shape index (κ2) is 2.89. The normalized spacial score (nSPS) is 23.9. The second-order valence-corrected chi connectivity index (χ2v) is 3.97. The number of likely N-dealkylation sites (tertiary alicyclic amines) is 1. The van der Waals surface area contributed by atoms with Crippen LogP contribution in [-0.4, -0.2) is 22.5 Å². The third kappa shape index (κ3) is 1.50.